The minimum atomic E-state index is 0. The fourth-order valence-corrected chi connectivity index (χ4v) is 4.73. The predicted octanol–water partition coefficient (Wildman–Crippen LogP) is 31.5. The average Bonchev–Trinajstić information content (AvgIpc) is 3.67. The van der Waals surface area contributed by atoms with Gasteiger partial charge in [-0.15, -0.1) is 0 Å². The topological polar surface area (TPSA) is 38.7 Å². The highest BCUT2D eigenvalue weighted by atomic mass is 14.8. The molecular weight excluding hydrogens is 1060 g/mol. The standard InChI is InChI=1S/C12H14N2.C12H10.C10H8.C6H6.C5H5N.8C3H8.7C2H6.2CH4/c1-3-9-10(4-2)14-12-8-6-5-7-11(12)13-9;1-3-7-11(8-4-1)12-9-5-2-6-10-12;1-2-6-10-8-4-3-7-9(10)5-1;2*1-2-4-6-5-3-1;8*1-3-2;7*1-2;;/h5-8H,3-4H2,1-2H3;1-10H;1-8H;1-6H;1-5H;8*3H2,1-2H3;7*1-2H3;2*1H4. The van der Waals surface area contributed by atoms with E-state index >= 15 is 0 Å². The molecule has 3 nitrogen and oxygen atoms in total. The molecule has 0 aliphatic carbocycles. The van der Waals surface area contributed by atoms with Crippen molar-refractivity contribution >= 4 is 21.8 Å². The molecule has 0 N–H and O–H groups in total. The highest BCUT2D eigenvalue weighted by Crippen LogP contribution is 2.17. The summed E-state index contributed by atoms with van der Waals surface area (Å²) >= 11 is 0. The van der Waals surface area contributed by atoms with Crippen LogP contribution in [0.15, 0.2) is 200 Å². The van der Waals surface area contributed by atoms with E-state index in [0.717, 1.165) is 35.3 Å². The van der Waals surface area contributed by atoms with Crippen molar-refractivity contribution < 1.29 is 0 Å². The van der Waals surface area contributed by atoms with Crippen molar-refractivity contribution in [1.29, 1.82) is 0 Å². The molecule has 0 spiro atoms. The Morgan fingerprint density at radius 1 is 0.216 bits per heavy atom. The molecule has 0 fully saturated rings. The number of hydrogen-bond acceptors (Lipinski definition) is 3. The van der Waals surface area contributed by atoms with Crippen molar-refractivity contribution in [1.82, 2.24) is 15.0 Å². The van der Waals surface area contributed by atoms with Gasteiger partial charge >= 0.3 is 0 Å². The number of benzene rings is 6. The third-order valence-electron chi connectivity index (χ3n) is 7.17. The number of hydrogen-bond donors (Lipinski definition) is 0. The number of fused-ring (bicyclic) bond motifs is 2. The third-order valence-corrected chi connectivity index (χ3v) is 7.17. The lowest BCUT2D eigenvalue weighted by molar-refractivity contribution is 0.930. The lowest BCUT2D eigenvalue weighted by Gasteiger charge is -2.05. The van der Waals surface area contributed by atoms with Crippen molar-refractivity contribution in [2.24, 2.45) is 0 Å². The molecule has 0 saturated heterocycles. The Morgan fingerprint density at radius 3 is 0.534 bits per heavy atom. The summed E-state index contributed by atoms with van der Waals surface area (Å²) in [5.41, 5.74) is 6.82. The fourth-order valence-electron chi connectivity index (χ4n) is 4.73. The van der Waals surface area contributed by atoms with Gasteiger partial charge in [0, 0.05) is 12.4 Å². The Kier molecular flexibility index (Phi) is 167. The Hall–Kier alpha value is -5.93. The average molecular weight is 1220 g/mol. The fraction of sp³-hybridized carbons (Fsp3) is 0.518. The largest absolute Gasteiger partial charge is 0.265 e. The molecule has 8 rings (SSSR count). The minimum absolute atomic E-state index is 0. The summed E-state index contributed by atoms with van der Waals surface area (Å²) in [5.74, 6) is 0. The van der Waals surface area contributed by atoms with Gasteiger partial charge in [0.25, 0.3) is 0 Å². The van der Waals surface area contributed by atoms with E-state index in [4.69, 9.17) is 0 Å². The molecule has 0 unspecified atom stereocenters. The first-order valence-corrected chi connectivity index (χ1v) is 34.7. The van der Waals surface area contributed by atoms with Crippen LogP contribution in [-0.2, 0) is 12.8 Å². The normalized spacial score (nSPS) is 7.36. The molecule has 0 amide bonds. The molecule has 2 heterocycles. The molecule has 3 heteroatoms. The molecule has 88 heavy (non-hydrogen) atoms. The van der Waals surface area contributed by atoms with Crippen molar-refractivity contribution in [2.45, 2.75) is 301 Å². The van der Waals surface area contributed by atoms with Crippen molar-refractivity contribution in [2.75, 3.05) is 0 Å². The molecular formula is C85H157N3. The van der Waals surface area contributed by atoms with Crippen LogP contribution in [0.3, 0.4) is 0 Å². The second-order valence-electron chi connectivity index (χ2n) is 16.2. The third kappa shape index (κ3) is 99.1. The van der Waals surface area contributed by atoms with Gasteiger partial charge in [0.05, 0.1) is 22.4 Å². The van der Waals surface area contributed by atoms with Gasteiger partial charge in [-0.05, 0) is 59.0 Å². The van der Waals surface area contributed by atoms with Crippen molar-refractivity contribution in [3.05, 3.63) is 212 Å². The number of aromatic nitrogens is 3. The molecule has 0 saturated carbocycles. The van der Waals surface area contributed by atoms with Gasteiger partial charge in [-0.25, -0.2) is 9.97 Å². The van der Waals surface area contributed by atoms with Crippen molar-refractivity contribution in [3.8, 4) is 11.1 Å². The van der Waals surface area contributed by atoms with E-state index < -0.39 is 0 Å². The minimum Gasteiger partial charge on any atom is -0.265 e. The summed E-state index contributed by atoms with van der Waals surface area (Å²) in [7, 11) is 0. The highest BCUT2D eigenvalue weighted by molar-refractivity contribution is 5.82. The second-order valence-corrected chi connectivity index (χ2v) is 16.2. The smallest absolute Gasteiger partial charge is 0.0890 e. The van der Waals surface area contributed by atoms with Gasteiger partial charge in [0.2, 0.25) is 0 Å². The van der Waals surface area contributed by atoms with Gasteiger partial charge in [-0.1, -0.05) is 452 Å². The SMILES string of the molecule is C.C.CC.CC.CC.CC.CC.CC.CC.CCC.CCC.CCC.CCC.CCC.CCC.CCC.CCC.CCc1nc2ccccc2nc1CC.c1ccc(-c2ccccc2)cc1.c1ccc2ccccc2c1.c1ccccc1.c1ccncc1. The molecule has 512 valence electrons. The highest BCUT2D eigenvalue weighted by Gasteiger charge is 2.04. The van der Waals surface area contributed by atoms with Crippen LogP contribution in [0.1, 0.15) is 299 Å². The molecule has 2 aromatic heterocycles. The Bertz CT molecular complexity index is 1870. The lowest BCUT2D eigenvalue weighted by atomic mass is 10.1. The van der Waals surface area contributed by atoms with E-state index in [1.807, 2.05) is 188 Å². The summed E-state index contributed by atoms with van der Waals surface area (Å²) in [6.45, 7) is 66.2. The van der Waals surface area contributed by atoms with Crippen LogP contribution in [0.25, 0.3) is 32.9 Å². The van der Waals surface area contributed by atoms with Gasteiger partial charge in [-0.3, -0.25) is 4.98 Å². The molecule has 0 atom stereocenters. The number of aryl methyl sites for hydroxylation is 2. The first-order chi connectivity index (χ1) is 42.1. The number of rotatable bonds is 3. The van der Waals surface area contributed by atoms with Crippen LogP contribution in [0.4, 0.5) is 0 Å². The summed E-state index contributed by atoms with van der Waals surface area (Å²) < 4.78 is 0. The van der Waals surface area contributed by atoms with Crippen LogP contribution in [0.2, 0.25) is 0 Å². The number of pyridine rings is 1. The van der Waals surface area contributed by atoms with Crippen LogP contribution >= 0.6 is 0 Å². The van der Waals surface area contributed by atoms with Crippen LogP contribution in [0, 0.1) is 0 Å². The first-order valence-electron chi connectivity index (χ1n) is 34.7. The summed E-state index contributed by atoms with van der Waals surface area (Å²) in [6, 6.07) is 63.2. The van der Waals surface area contributed by atoms with Gasteiger partial charge < -0.3 is 0 Å². The Morgan fingerprint density at radius 2 is 0.375 bits per heavy atom. The first kappa shape index (κ1) is 116. The van der Waals surface area contributed by atoms with Gasteiger partial charge in [0.15, 0.2) is 0 Å². The monoisotopic (exact) mass is 1220 g/mol. The van der Waals surface area contributed by atoms with Crippen LogP contribution in [0.5, 0.6) is 0 Å². The molecule has 6 aromatic carbocycles. The Balaban J connectivity index is -0.0000000574. The van der Waals surface area contributed by atoms with E-state index in [9.17, 15) is 0 Å². The summed E-state index contributed by atoms with van der Waals surface area (Å²) in [6.07, 6.45) is 15.4. The maximum absolute atomic E-state index is 4.60. The van der Waals surface area contributed by atoms with Gasteiger partial charge in [-0.2, -0.15) is 0 Å². The number of para-hydroxylation sites is 2. The Labute approximate surface area is 557 Å². The molecule has 8 aromatic rings. The van der Waals surface area contributed by atoms with Crippen molar-refractivity contribution in [3.63, 3.8) is 0 Å². The maximum Gasteiger partial charge on any atom is 0.0890 e. The lowest BCUT2D eigenvalue weighted by Crippen LogP contribution is -1.99. The number of nitrogens with zero attached hydrogens (tertiary/aromatic N) is 3. The summed E-state index contributed by atoms with van der Waals surface area (Å²) in [4.78, 5) is 13.0. The zero-order chi connectivity index (χ0) is 69.1. The molecule has 0 aliphatic heterocycles. The van der Waals surface area contributed by atoms with Crippen LogP contribution in [-0.4, -0.2) is 15.0 Å². The van der Waals surface area contributed by atoms with E-state index in [-0.39, 0.29) is 14.9 Å². The van der Waals surface area contributed by atoms with E-state index in [1.165, 1.54) is 73.3 Å². The zero-order valence-corrected chi connectivity index (χ0v) is 63.5. The second kappa shape index (κ2) is 127. The predicted molar refractivity (Wildman–Crippen MR) is 425 cm³/mol. The quantitative estimate of drug-likeness (QED) is 0.177. The summed E-state index contributed by atoms with van der Waals surface area (Å²) in [5, 5.41) is 2.62. The van der Waals surface area contributed by atoms with Crippen LogP contribution < -0.4 is 0 Å². The molecule has 0 radical (unpaired) electrons. The van der Waals surface area contributed by atoms with E-state index in [1.54, 1.807) is 12.4 Å². The molecule has 0 bridgehead atoms. The zero-order valence-electron chi connectivity index (χ0n) is 63.5. The maximum atomic E-state index is 4.60. The van der Waals surface area contributed by atoms with E-state index in [2.05, 4.69) is 237 Å². The van der Waals surface area contributed by atoms with E-state index in [0.29, 0.717) is 0 Å². The van der Waals surface area contributed by atoms with Gasteiger partial charge in [0.1, 0.15) is 0 Å². The molecule has 0 aliphatic rings.